The summed E-state index contributed by atoms with van der Waals surface area (Å²) >= 11 is 10.5. The third-order valence-electron chi connectivity index (χ3n) is 2.84. The zero-order chi connectivity index (χ0) is 15.4. The molecular formula is C16H16Br3NO. The molecule has 0 bridgehead atoms. The number of rotatable bonds is 5. The quantitative estimate of drug-likeness (QED) is 0.548. The van der Waals surface area contributed by atoms with E-state index in [-0.39, 0.29) is 0 Å². The van der Waals surface area contributed by atoms with Crippen LogP contribution in [0.1, 0.15) is 19.4 Å². The molecule has 0 aliphatic carbocycles. The van der Waals surface area contributed by atoms with E-state index in [4.69, 9.17) is 4.74 Å². The van der Waals surface area contributed by atoms with Gasteiger partial charge in [-0.2, -0.15) is 0 Å². The molecule has 0 aliphatic heterocycles. The summed E-state index contributed by atoms with van der Waals surface area (Å²) in [5.41, 5.74) is 1.13. The number of hydrogen-bond acceptors (Lipinski definition) is 2. The number of halogens is 3. The molecule has 0 fully saturated rings. The van der Waals surface area contributed by atoms with E-state index >= 15 is 0 Å². The van der Waals surface area contributed by atoms with Crippen LogP contribution in [0.25, 0.3) is 0 Å². The van der Waals surface area contributed by atoms with Crippen molar-refractivity contribution in [1.29, 1.82) is 0 Å². The third-order valence-corrected chi connectivity index (χ3v) is 4.45. The molecule has 0 aliphatic rings. The summed E-state index contributed by atoms with van der Waals surface area (Å²) in [6.07, 6.45) is 0. The van der Waals surface area contributed by atoms with Crippen LogP contribution in [0.2, 0.25) is 0 Å². The van der Waals surface area contributed by atoms with E-state index in [0.29, 0.717) is 6.04 Å². The molecule has 2 aromatic rings. The van der Waals surface area contributed by atoms with Crippen LogP contribution in [-0.2, 0) is 6.54 Å². The minimum absolute atomic E-state index is 0.431. The lowest BCUT2D eigenvalue weighted by Gasteiger charge is -2.15. The predicted octanol–water partition coefficient (Wildman–Crippen LogP) is 6.26. The van der Waals surface area contributed by atoms with Gasteiger partial charge in [-0.25, -0.2) is 0 Å². The average molecular weight is 478 g/mol. The first-order valence-electron chi connectivity index (χ1n) is 6.60. The first-order chi connectivity index (χ1) is 9.95. The highest BCUT2D eigenvalue weighted by molar-refractivity contribution is 9.11. The monoisotopic (exact) mass is 475 g/mol. The van der Waals surface area contributed by atoms with Gasteiger partial charge >= 0.3 is 0 Å². The van der Waals surface area contributed by atoms with Crippen LogP contribution >= 0.6 is 47.8 Å². The van der Waals surface area contributed by atoms with Crippen molar-refractivity contribution in [1.82, 2.24) is 5.32 Å². The highest BCUT2D eigenvalue weighted by Gasteiger charge is 2.09. The van der Waals surface area contributed by atoms with Gasteiger partial charge in [-0.15, -0.1) is 0 Å². The van der Waals surface area contributed by atoms with Gasteiger partial charge in [0.2, 0.25) is 0 Å². The fourth-order valence-corrected chi connectivity index (χ4v) is 3.23. The number of ether oxygens (including phenoxy) is 1. The molecule has 5 heteroatoms. The first-order valence-corrected chi connectivity index (χ1v) is 8.98. The molecule has 1 N–H and O–H groups in total. The molecule has 0 aromatic heterocycles. The highest BCUT2D eigenvalue weighted by atomic mass is 79.9. The SMILES string of the molecule is CC(C)NCc1ccc(Br)cc1Oc1ccc(Br)cc1Br. The van der Waals surface area contributed by atoms with Gasteiger partial charge in [-0.1, -0.05) is 51.8 Å². The van der Waals surface area contributed by atoms with Crippen molar-refractivity contribution < 1.29 is 4.74 Å². The van der Waals surface area contributed by atoms with Crippen LogP contribution in [0.3, 0.4) is 0 Å². The molecule has 0 spiro atoms. The van der Waals surface area contributed by atoms with Gasteiger partial charge in [-0.3, -0.25) is 0 Å². The first kappa shape index (κ1) is 17.0. The Labute approximate surface area is 150 Å². The third kappa shape index (κ3) is 5.09. The Morgan fingerprint density at radius 3 is 2.29 bits per heavy atom. The zero-order valence-corrected chi connectivity index (χ0v) is 16.5. The van der Waals surface area contributed by atoms with Crippen molar-refractivity contribution in [3.63, 3.8) is 0 Å². The van der Waals surface area contributed by atoms with Gasteiger partial charge in [0.05, 0.1) is 4.47 Å². The molecule has 2 rings (SSSR count). The van der Waals surface area contributed by atoms with Gasteiger partial charge in [0, 0.05) is 27.1 Å². The largest absolute Gasteiger partial charge is 0.456 e. The van der Waals surface area contributed by atoms with E-state index in [0.717, 1.165) is 37.0 Å². The summed E-state index contributed by atoms with van der Waals surface area (Å²) in [6, 6.07) is 12.4. The van der Waals surface area contributed by atoms with E-state index in [9.17, 15) is 0 Å². The zero-order valence-electron chi connectivity index (χ0n) is 11.8. The Kier molecular flexibility index (Phi) is 6.29. The van der Waals surface area contributed by atoms with Crippen molar-refractivity contribution in [2.45, 2.75) is 26.4 Å². The van der Waals surface area contributed by atoms with E-state index in [1.54, 1.807) is 0 Å². The second kappa shape index (κ2) is 7.77. The van der Waals surface area contributed by atoms with Crippen LogP contribution in [0.15, 0.2) is 49.8 Å². The Balaban J connectivity index is 2.27. The molecule has 0 radical (unpaired) electrons. The van der Waals surface area contributed by atoms with Crippen molar-refractivity contribution in [3.8, 4) is 11.5 Å². The number of nitrogens with one attached hydrogen (secondary N) is 1. The molecule has 112 valence electrons. The second-order valence-electron chi connectivity index (χ2n) is 4.96. The standard InChI is InChI=1S/C16H16Br3NO/c1-10(2)20-9-11-3-4-13(18)8-16(11)21-15-6-5-12(17)7-14(15)19/h3-8,10,20H,9H2,1-2H3. The summed E-state index contributed by atoms with van der Waals surface area (Å²) in [5, 5.41) is 3.42. The summed E-state index contributed by atoms with van der Waals surface area (Å²) in [7, 11) is 0. The smallest absolute Gasteiger partial charge is 0.141 e. The molecule has 2 aromatic carbocycles. The van der Waals surface area contributed by atoms with Gasteiger partial charge in [0.1, 0.15) is 11.5 Å². The topological polar surface area (TPSA) is 21.3 Å². The van der Waals surface area contributed by atoms with Crippen molar-refractivity contribution in [2.75, 3.05) is 0 Å². The normalized spacial score (nSPS) is 11.0. The predicted molar refractivity (Wildman–Crippen MR) is 98.0 cm³/mol. The Morgan fingerprint density at radius 1 is 0.952 bits per heavy atom. The van der Waals surface area contributed by atoms with Crippen LogP contribution in [-0.4, -0.2) is 6.04 Å². The maximum Gasteiger partial charge on any atom is 0.141 e. The molecule has 0 atom stereocenters. The maximum absolute atomic E-state index is 6.07. The highest BCUT2D eigenvalue weighted by Crippen LogP contribution is 2.34. The maximum atomic E-state index is 6.07. The van der Waals surface area contributed by atoms with Crippen LogP contribution < -0.4 is 10.1 Å². The Hall–Kier alpha value is -0.360. The van der Waals surface area contributed by atoms with Gasteiger partial charge in [0.25, 0.3) is 0 Å². The van der Waals surface area contributed by atoms with Crippen molar-refractivity contribution >= 4 is 47.8 Å². The molecule has 2 nitrogen and oxygen atoms in total. The molecule has 0 unspecified atom stereocenters. The molecule has 21 heavy (non-hydrogen) atoms. The molecule has 0 heterocycles. The van der Waals surface area contributed by atoms with Crippen molar-refractivity contribution in [2.24, 2.45) is 0 Å². The van der Waals surface area contributed by atoms with Gasteiger partial charge in [-0.05, 0) is 46.3 Å². The van der Waals surface area contributed by atoms with E-state index in [2.05, 4.69) is 73.0 Å². The minimum Gasteiger partial charge on any atom is -0.456 e. The number of benzene rings is 2. The number of hydrogen-bond donors (Lipinski definition) is 1. The van der Waals surface area contributed by atoms with Crippen LogP contribution in [0, 0.1) is 0 Å². The summed E-state index contributed by atoms with van der Waals surface area (Å²) < 4.78 is 9.00. The molecule has 0 saturated carbocycles. The summed E-state index contributed by atoms with van der Waals surface area (Å²) in [6.45, 7) is 5.03. The van der Waals surface area contributed by atoms with Crippen LogP contribution in [0.4, 0.5) is 0 Å². The van der Waals surface area contributed by atoms with E-state index in [1.165, 1.54) is 0 Å². The second-order valence-corrected chi connectivity index (χ2v) is 7.65. The van der Waals surface area contributed by atoms with Crippen molar-refractivity contribution in [3.05, 3.63) is 55.4 Å². The molecule has 0 saturated heterocycles. The van der Waals surface area contributed by atoms with E-state index < -0.39 is 0 Å². The minimum atomic E-state index is 0.431. The van der Waals surface area contributed by atoms with Gasteiger partial charge in [0.15, 0.2) is 0 Å². The summed E-state index contributed by atoms with van der Waals surface area (Å²) in [5.74, 6) is 1.64. The Morgan fingerprint density at radius 2 is 1.62 bits per heavy atom. The van der Waals surface area contributed by atoms with Gasteiger partial charge < -0.3 is 10.1 Å². The van der Waals surface area contributed by atoms with E-state index in [1.807, 2.05) is 30.3 Å². The fraction of sp³-hybridized carbons (Fsp3) is 0.250. The lowest BCUT2D eigenvalue weighted by atomic mass is 10.2. The summed E-state index contributed by atoms with van der Waals surface area (Å²) in [4.78, 5) is 0. The molecular weight excluding hydrogens is 462 g/mol. The average Bonchev–Trinajstić information content (AvgIpc) is 2.41. The lowest BCUT2D eigenvalue weighted by molar-refractivity contribution is 0.466. The fourth-order valence-electron chi connectivity index (χ4n) is 1.76. The Bertz CT molecular complexity index is 629. The van der Waals surface area contributed by atoms with Crippen LogP contribution in [0.5, 0.6) is 11.5 Å². The molecule has 0 amide bonds. The lowest BCUT2D eigenvalue weighted by Crippen LogP contribution is -2.22.